The Morgan fingerprint density at radius 2 is 1.89 bits per heavy atom. The fourth-order valence-electron chi connectivity index (χ4n) is 2.59. The van der Waals surface area contributed by atoms with E-state index < -0.39 is 5.63 Å². The van der Waals surface area contributed by atoms with Crippen LogP contribution in [0.15, 0.2) is 56.2 Å². The molecule has 136 valence electrons. The highest BCUT2D eigenvalue weighted by Crippen LogP contribution is 2.31. The van der Waals surface area contributed by atoms with Gasteiger partial charge in [0.25, 0.3) is 5.89 Å². The Kier molecular flexibility index (Phi) is 4.59. The summed E-state index contributed by atoms with van der Waals surface area (Å²) < 4.78 is 16.1. The van der Waals surface area contributed by atoms with Crippen LogP contribution in [0.25, 0.3) is 22.4 Å². The van der Waals surface area contributed by atoms with Crippen molar-refractivity contribution in [1.82, 2.24) is 10.1 Å². The molecule has 2 aromatic heterocycles. The molecule has 4 rings (SSSR count). The maximum Gasteiger partial charge on any atom is 0.336 e. The van der Waals surface area contributed by atoms with E-state index in [-0.39, 0.29) is 6.61 Å². The molecule has 0 unspecified atom stereocenters. The molecule has 0 aliphatic heterocycles. The van der Waals surface area contributed by atoms with Crippen molar-refractivity contribution in [2.75, 3.05) is 0 Å². The average molecular weight is 403 g/mol. The number of ether oxygens (including phenoxy) is 1. The number of aryl methyl sites for hydroxylation is 1. The quantitative estimate of drug-likeness (QED) is 0.445. The first kappa shape index (κ1) is 17.6. The van der Waals surface area contributed by atoms with Gasteiger partial charge in [0, 0.05) is 28.1 Å². The fraction of sp³-hybridized carbons (Fsp3) is 0.105. The van der Waals surface area contributed by atoms with E-state index >= 15 is 0 Å². The van der Waals surface area contributed by atoms with Crippen LogP contribution in [0.3, 0.4) is 0 Å². The molecule has 27 heavy (non-hydrogen) atoms. The molecule has 6 nitrogen and oxygen atoms in total. The van der Waals surface area contributed by atoms with Crippen molar-refractivity contribution in [1.29, 1.82) is 0 Å². The lowest BCUT2D eigenvalue weighted by Gasteiger charge is -2.08. The second-order valence-corrected chi connectivity index (χ2v) is 6.68. The Bertz CT molecular complexity index is 1180. The van der Waals surface area contributed by atoms with Crippen molar-refractivity contribution in [2.24, 2.45) is 0 Å². The van der Waals surface area contributed by atoms with Gasteiger partial charge in [-0.05, 0) is 42.8 Å². The van der Waals surface area contributed by atoms with E-state index in [0.29, 0.717) is 33.1 Å². The van der Waals surface area contributed by atoms with Gasteiger partial charge in [-0.3, -0.25) is 0 Å². The van der Waals surface area contributed by atoms with Crippen molar-refractivity contribution in [2.45, 2.75) is 13.5 Å². The van der Waals surface area contributed by atoms with Crippen LogP contribution in [-0.2, 0) is 6.61 Å². The molecule has 0 saturated carbocycles. The monoisotopic (exact) mass is 402 g/mol. The normalized spacial score (nSPS) is 11.1. The van der Waals surface area contributed by atoms with Crippen molar-refractivity contribution < 1.29 is 13.7 Å². The molecule has 2 heterocycles. The van der Waals surface area contributed by atoms with Crippen LogP contribution in [0.2, 0.25) is 10.0 Å². The number of nitrogens with zero attached hydrogens (tertiary/aromatic N) is 2. The molecule has 2 aromatic carbocycles. The summed E-state index contributed by atoms with van der Waals surface area (Å²) in [6.07, 6.45) is 0. The van der Waals surface area contributed by atoms with E-state index in [1.165, 1.54) is 6.07 Å². The summed E-state index contributed by atoms with van der Waals surface area (Å²) in [5.74, 6) is 1.06. The van der Waals surface area contributed by atoms with E-state index in [4.69, 9.17) is 36.9 Å². The van der Waals surface area contributed by atoms with Crippen LogP contribution in [-0.4, -0.2) is 10.1 Å². The maximum atomic E-state index is 11.6. The van der Waals surface area contributed by atoms with Gasteiger partial charge in [-0.2, -0.15) is 4.98 Å². The number of hydrogen-bond donors (Lipinski definition) is 0. The summed E-state index contributed by atoms with van der Waals surface area (Å²) in [5, 5.41) is 5.65. The van der Waals surface area contributed by atoms with Gasteiger partial charge in [0.15, 0.2) is 6.61 Å². The molecule has 0 radical (unpaired) electrons. The standard InChI is InChI=1S/C19H12Cl2N2O4/c1-10-6-18(24)26-15-8-16(14(21)7-13(10)15)25-9-17-22-19(27-23-17)11-2-4-12(20)5-3-11/h2-8H,9H2,1H3. The van der Waals surface area contributed by atoms with E-state index in [1.54, 1.807) is 36.4 Å². The van der Waals surface area contributed by atoms with Crippen LogP contribution in [0, 0.1) is 6.92 Å². The van der Waals surface area contributed by atoms with Crippen molar-refractivity contribution in [3.8, 4) is 17.2 Å². The van der Waals surface area contributed by atoms with Crippen LogP contribution < -0.4 is 10.4 Å². The first-order chi connectivity index (χ1) is 13.0. The summed E-state index contributed by atoms with van der Waals surface area (Å²) in [6.45, 7) is 1.85. The van der Waals surface area contributed by atoms with Crippen LogP contribution >= 0.6 is 23.2 Å². The summed E-state index contributed by atoms with van der Waals surface area (Å²) >= 11 is 12.1. The largest absolute Gasteiger partial charge is 0.484 e. The van der Waals surface area contributed by atoms with E-state index in [0.717, 1.165) is 16.5 Å². The molecule has 0 aliphatic rings. The first-order valence-electron chi connectivity index (χ1n) is 7.95. The summed E-state index contributed by atoms with van der Waals surface area (Å²) in [4.78, 5) is 15.8. The zero-order valence-electron chi connectivity index (χ0n) is 14.0. The molecule has 0 amide bonds. The van der Waals surface area contributed by atoms with Gasteiger partial charge in [-0.15, -0.1) is 0 Å². The Morgan fingerprint density at radius 3 is 2.67 bits per heavy atom. The lowest BCUT2D eigenvalue weighted by Crippen LogP contribution is -2.00. The first-order valence-corrected chi connectivity index (χ1v) is 8.70. The van der Waals surface area contributed by atoms with Crippen LogP contribution in [0.1, 0.15) is 11.4 Å². The zero-order chi connectivity index (χ0) is 19.0. The van der Waals surface area contributed by atoms with Gasteiger partial charge in [0.05, 0.1) is 5.02 Å². The summed E-state index contributed by atoms with van der Waals surface area (Å²) in [5.41, 5.74) is 1.49. The third-order valence-corrected chi connectivity index (χ3v) is 4.47. The van der Waals surface area contributed by atoms with Gasteiger partial charge in [-0.25, -0.2) is 4.79 Å². The lowest BCUT2D eigenvalue weighted by atomic mass is 10.1. The number of hydrogen-bond acceptors (Lipinski definition) is 6. The van der Waals surface area contributed by atoms with Gasteiger partial charge in [-0.1, -0.05) is 28.4 Å². The van der Waals surface area contributed by atoms with Crippen LogP contribution in [0.5, 0.6) is 5.75 Å². The molecular weight excluding hydrogens is 391 g/mol. The third-order valence-electron chi connectivity index (χ3n) is 3.92. The molecule has 0 fully saturated rings. The van der Waals surface area contributed by atoms with Gasteiger partial charge < -0.3 is 13.7 Å². The topological polar surface area (TPSA) is 78.4 Å². The summed E-state index contributed by atoms with van der Waals surface area (Å²) in [7, 11) is 0. The predicted molar refractivity (Wildman–Crippen MR) is 101 cm³/mol. The fourth-order valence-corrected chi connectivity index (χ4v) is 2.94. The minimum atomic E-state index is -0.431. The lowest BCUT2D eigenvalue weighted by molar-refractivity contribution is 0.287. The Morgan fingerprint density at radius 1 is 1.11 bits per heavy atom. The smallest absolute Gasteiger partial charge is 0.336 e. The highest BCUT2D eigenvalue weighted by molar-refractivity contribution is 6.32. The minimum absolute atomic E-state index is 0.0400. The average Bonchev–Trinajstić information content (AvgIpc) is 3.10. The molecule has 0 bridgehead atoms. The van der Waals surface area contributed by atoms with E-state index in [9.17, 15) is 4.79 Å². The second kappa shape index (κ2) is 7.06. The zero-order valence-corrected chi connectivity index (χ0v) is 15.5. The molecule has 8 heteroatoms. The molecule has 0 saturated heterocycles. The SMILES string of the molecule is Cc1cc(=O)oc2cc(OCc3noc(-c4ccc(Cl)cc4)n3)c(Cl)cc12. The number of fused-ring (bicyclic) bond motifs is 1. The molecule has 0 N–H and O–H groups in total. The van der Waals surface area contributed by atoms with Gasteiger partial charge in [0.1, 0.15) is 11.3 Å². The third kappa shape index (κ3) is 3.67. The molecule has 0 aliphatic carbocycles. The Labute approximate surface area is 163 Å². The molecule has 0 spiro atoms. The number of benzene rings is 2. The molecule has 4 aromatic rings. The number of rotatable bonds is 4. The van der Waals surface area contributed by atoms with Crippen LogP contribution in [0.4, 0.5) is 0 Å². The highest BCUT2D eigenvalue weighted by Gasteiger charge is 2.12. The van der Waals surface area contributed by atoms with E-state index in [1.807, 2.05) is 6.92 Å². The second-order valence-electron chi connectivity index (χ2n) is 5.84. The van der Waals surface area contributed by atoms with Crippen molar-refractivity contribution in [3.63, 3.8) is 0 Å². The summed E-state index contributed by atoms with van der Waals surface area (Å²) in [6, 6.07) is 11.7. The highest BCUT2D eigenvalue weighted by atomic mass is 35.5. The minimum Gasteiger partial charge on any atom is -0.484 e. The van der Waals surface area contributed by atoms with Crippen molar-refractivity contribution >= 4 is 34.2 Å². The number of halogens is 2. The predicted octanol–water partition coefficient (Wildman–Crippen LogP) is 5.04. The van der Waals surface area contributed by atoms with E-state index in [2.05, 4.69) is 10.1 Å². The molecule has 0 atom stereocenters. The van der Waals surface area contributed by atoms with Crippen molar-refractivity contribution in [3.05, 3.63) is 74.3 Å². The van der Waals surface area contributed by atoms with Gasteiger partial charge >= 0.3 is 5.63 Å². The number of aromatic nitrogens is 2. The Balaban J connectivity index is 1.56. The molecular formula is C19H12Cl2N2O4. The van der Waals surface area contributed by atoms with Gasteiger partial charge in [0.2, 0.25) is 5.82 Å². The Hall–Kier alpha value is -2.83. The maximum absolute atomic E-state index is 11.6.